The number of ether oxygens (including phenoxy) is 1. The molecule has 2 rings (SSSR count). The van der Waals surface area contributed by atoms with Gasteiger partial charge in [-0.3, -0.25) is 10.0 Å². The van der Waals surface area contributed by atoms with Crippen LogP contribution >= 0.6 is 0 Å². The van der Waals surface area contributed by atoms with Gasteiger partial charge in [0.05, 0.1) is 18.1 Å². The normalized spacial score (nSPS) is 10.8. The number of hydrogen-bond acceptors (Lipinski definition) is 5. The number of unbranched alkanes of at least 4 members (excludes halogenated alkanes) is 5. The molecule has 1 heterocycles. The molecule has 1 aromatic carbocycles. The van der Waals surface area contributed by atoms with Gasteiger partial charge >= 0.3 is 5.63 Å². The smallest absolute Gasteiger partial charge is 0.339 e. The van der Waals surface area contributed by atoms with Crippen molar-refractivity contribution in [2.45, 2.75) is 51.9 Å². The van der Waals surface area contributed by atoms with Crippen molar-refractivity contribution < 1.29 is 19.2 Å². The highest BCUT2D eigenvalue weighted by molar-refractivity contribution is 5.83. The van der Waals surface area contributed by atoms with Crippen molar-refractivity contribution in [2.24, 2.45) is 0 Å². The molecule has 2 aromatic rings. The summed E-state index contributed by atoms with van der Waals surface area (Å²) in [5.74, 6) is 0.244. The monoisotopic (exact) mass is 347 g/mol. The molecule has 6 nitrogen and oxygen atoms in total. The fourth-order valence-corrected chi connectivity index (χ4v) is 2.70. The third-order valence-electron chi connectivity index (χ3n) is 4.04. The van der Waals surface area contributed by atoms with Gasteiger partial charge < -0.3 is 9.15 Å². The fourth-order valence-electron chi connectivity index (χ4n) is 2.70. The Morgan fingerprint density at radius 1 is 1.12 bits per heavy atom. The summed E-state index contributed by atoms with van der Waals surface area (Å²) in [5.41, 5.74) is 2.86. The third kappa shape index (κ3) is 6.23. The van der Waals surface area contributed by atoms with E-state index in [-0.39, 0.29) is 5.91 Å². The van der Waals surface area contributed by atoms with Crippen molar-refractivity contribution >= 4 is 16.9 Å². The largest absolute Gasteiger partial charge is 0.493 e. The minimum absolute atomic E-state index is 0.330. The number of aryl methyl sites for hydroxylation is 1. The molecule has 6 heteroatoms. The van der Waals surface area contributed by atoms with Gasteiger partial charge in [-0.05, 0) is 31.9 Å². The SMILES string of the molecule is Cc1ccc2oc(=O)cc(OCCCCCCCCC(=O)NO)c2c1. The van der Waals surface area contributed by atoms with E-state index in [0.717, 1.165) is 49.5 Å². The number of benzene rings is 1. The highest BCUT2D eigenvalue weighted by atomic mass is 16.5. The summed E-state index contributed by atoms with van der Waals surface area (Å²) in [4.78, 5) is 22.5. The van der Waals surface area contributed by atoms with E-state index in [1.807, 2.05) is 19.1 Å². The first-order valence-corrected chi connectivity index (χ1v) is 8.70. The van der Waals surface area contributed by atoms with Crippen LogP contribution in [0.1, 0.15) is 50.5 Å². The molecular weight excluding hydrogens is 322 g/mol. The van der Waals surface area contributed by atoms with Crippen molar-refractivity contribution in [1.29, 1.82) is 0 Å². The molecule has 0 saturated carbocycles. The molecule has 1 aromatic heterocycles. The summed E-state index contributed by atoms with van der Waals surface area (Å²) in [6.45, 7) is 2.54. The second-order valence-corrected chi connectivity index (χ2v) is 6.18. The first-order valence-electron chi connectivity index (χ1n) is 8.70. The summed E-state index contributed by atoms with van der Waals surface area (Å²) < 4.78 is 11.0. The van der Waals surface area contributed by atoms with Gasteiger partial charge in [0.25, 0.3) is 0 Å². The Bertz CT molecular complexity index is 753. The molecule has 25 heavy (non-hydrogen) atoms. The highest BCUT2D eigenvalue weighted by Crippen LogP contribution is 2.25. The Labute approximate surface area is 146 Å². The van der Waals surface area contributed by atoms with Crippen molar-refractivity contribution in [1.82, 2.24) is 5.48 Å². The Kier molecular flexibility index (Phi) is 7.47. The zero-order valence-corrected chi connectivity index (χ0v) is 14.5. The molecular formula is C19H25NO5. The van der Waals surface area contributed by atoms with E-state index in [0.29, 0.717) is 24.4 Å². The van der Waals surface area contributed by atoms with Crippen LogP contribution in [0.5, 0.6) is 5.75 Å². The van der Waals surface area contributed by atoms with Gasteiger partial charge in [0, 0.05) is 6.42 Å². The molecule has 0 aliphatic carbocycles. The van der Waals surface area contributed by atoms with Gasteiger partial charge in [0.2, 0.25) is 5.91 Å². The van der Waals surface area contributed by atoms with E-state index in [4.69, 9.17) is 14.4 Å². The zero-order valence-electron chi connectivity index (χ0n) is 14.5. The van der Waals surface area contributed by atoms with Crippen LogP contribution in [0, 0.1) is 6.92 Å². The quantitative estimate of drug-likeness (QED) is 0.296. The highest BCUT2D eigenvalue weighted by Gasteiger charge is 2.07. The summed E-state index contributed by atoms with van der Waals surface area (Å²) in [6, 6.07) is 7.04. The lowest BCUT2D eigenvalue weighted by molar-refractivity contribution is -0.129. The van der Waals surface area contributed by atoms with Crippen LogP contribution in [0.4, 0.5) is 0 Å². The zero-order chi connectivity index (χ0) is 18.1. The summed E-state index contributed by atoms with van der Waals surface area (Å²) >= 11 is 0. The van der Waals surface area contributed by atoms with E-state index in [9.17, 15) is 9.59 Å². The average Bonchev–Trinajstić information content (AvgIpc) is 2.60. The summed E-state index contributed by atoms with van der Waals surface area (Å²) in [7, 11) is 0. The van der Waals surface area contributed by atoms with Crippen molar-refractivity contribution in [3.63, 3.8) is 0 Å². The lowest BCUT2D eigenvalue weighted by atomic mass is 10.1. The lowest BCUT2D eigenvalue weighted by Crippen LogP contribution is -2.17. The van der Waals surface area contributed by atoms with Crippen molar-refractivity contribution in [3.05, 3.63) is 40.2 Å². The predicted octanol–water partition coefficient (Wildman–Crippen LogP) is 3.72. The van der Waals surface area contributed by atoms with E-state index in [1.54, 1.807) is 11.5 Å². The van der Waals surface area contributed by atoms with E-state index >= 15 is 0 Å². The Morgan fingerprint density at radius 2 is 1.84 bits per heavy atom. The van der Waals surface area contributed by atoms with Gasteiger partial charge in [0.1, 0.15) is 11.3 Å². The van der Waals surface area contributed by atoms with Crippen LogP contribution in [0.15, 0.2) is 33.5 Å². The van der Waals surface area contributed by atoms with Crippen LogP contribution < -0.4 is 15.8 Å². The first kappa shape index (κ1) is 19.0. The van der Waals surface area contributed by atoms with Gasteiger partial charge in [0.15, 0.2) is 0 Å². The minimum Gasteiger partial charge on any atom is -0.493 e. The van der Waals surface area contributed by atoms with Crippen LogP contribution in [0.2, 0.25) is 0 Å². The third-order valence-corrected chi connectivity index (χ3v) is 4.04. The molecule has 0 atom stereocenters. The Morgan fingerprint density at radius 3 is 2.60 bits per heavy atom. The lowest BCUT2D eigenvalue weighted by Gasteiger charge is -2.09. The molecule has 0 unspecified atom stereocenters. The molecule has 0 saturated heterocycles. The average molecular weight is 347 g/mol. The van der Waals surface area contributed by atoms with Crippen LogP contribution in [-0.2, 0) is 4.79 Å². The van der Waals surface area contributed by atoms with Crippen LogP contribution in [0.25, 0.3) is 11.0 Å². The first-order chi connectivity index (χ1) is 12.1. The number of carbonyl (C=O) groups excluding carboxylic acids is 1. The molecule has 0 bridgehead atoms. The number of hydroxylamine groups is 1. The molecule has 136 valence electrons. The molecule has 0 spiro atoms. The van der Waals surface area contributed by atoms with Gasteiger partial charge in [-0.15, -0.1) is 0 Å². The maximum Gasteiger partial charge on any atom is 0.339 e. The predicted molar refractivity (Wildman–Crippen MR) is 95.0 cm³/mol. The maximum absolute atomic E-state index is 11.6. The summed E-state index contributed by atoms with van der Waals surface area (Å²) in [5, 5.41) is 9.21. The van der Waals surface area contributed by atoms with Crippen LogP contribution in [-0.4, -0.2) is 17.7 Å². The molecule has 2 N–H and O–H groups in total. The van der Waals surface area contributed by atoms with Crippen LogP contribution in [0.3, 0.4) is 0 Å². The van der Waals surface area contributed by atoms with E-state index in [2.05, 4.69) is 0 Å². The number of amides is 1. The maximum atomic E-state index is 11.6. The van der Waals surface area contributed by atoms with E-state index < -0.39 is 5.63 Å². The number of rotatable bonds is 10. The minimum atomic E-state index is -0.404. The topological polar surface area (TPSA) is 88.8 Å². The van der Waals surface area contributed by atoms with Crippen molar-refractivity contribution in [2.75, 3.05) is 6.61 Å². The number of hydrogen-bond donors (Lipinski definition) is 2. The van der Waals surface area contributed by atoms with Gasteiger partial charge in [-0.2, -0.15) is 0 Å². The second-order valence-electron chi connectivity index (χ2n) is 6.18. The number of carbonyl (C=O) groups is 1. The molecule has 1 amide bonds. The summed E-state index contributed by atoms with van der Waals surface area (Å²) in [6.07, 6.45) is 6.18. The Balaban J connectivity index is 1.70. The van der Waals surface area contributed by atoms with E-state index in [1.165, 1.54) is 6.07 Å². The standard InChI is InChI=1S/C19H25NO5/c1-14-9-10-16-15(12-14)17(13-19(22)25-16)24-11-7-5-3-2-4-6-8-18(21)20-23/h9-10,12-13,23H,2-8,11H2,1H3,(H,20,21). The second kappa shape index (κ2) is 9.84. The number of nitrogens with one attached hydrogen (secondary N) is 1. The molecule has 0 aliphatic heterocycles. The molecule has 0 radical (unpaired) electrons. The Hall–Kier alpha value is -2.34. The van der Waals surface area contributed by atoms with Gasteiger partial charge in [-0.25, -0.2) is 10.3 Å². The fraction of sp³-hybridized carbons (Fsp3) is 0.474. The molecule has 0 aliphatic rings. The van der Waals surface area contributed by atoms with Gasteiger partial charge in [-0.1, -0.05) is 37.3 Å². The van der Waals surface area contributed by atoms with Crippen molar-refractivity contribution in [3.8, 4) is 5.75 Å². The molecule has 0 fully saturated rings. The number of fused-ring (bicyclic) bond motifs is 1.